The van der Waals surface area contributed by atoms with Crippen LogP contribution in [0.2, 0.25) is 0 Å². The molecule has 0 amide bonds. The first-order valence-electron chi connectivity index (χ1n) is 6.88. The van der Waals surface area contributed by atoms with E-state index in [4.69, 9.17) is 4.74 Å². The molecule has 1 aliphatic rings. The first kappa shape index (κ1) is 15.4. The van der Waals surface area contributed by atoms with Gasteiger partial charge in [0.05, 0.1) is 22.9 Å². The molecular formula is C16H22F2O2. The molecule has 1 heterocycles. The Morgan fingerprint density at radius 1 is 1.25 bits per heavy atom. The van der Waals surface area contributed by atoms with Gasteiger partial charge in [-0.3, -0.25) is 0 Å². The zero-order valence-corrected chi connectivity index (χ0v) is 12.6. The molecule has 0 saturated carbocycles. The molecule has 1 aromatic rings. The zero-order valence-electron chi connectivity index (χ0n) is 12.6. The fourth-order valence-corrected chi connectivity index (χ4v) is 3.25. The van der Waals surface area contributed by atoms with Gasteiger partial charge in [0.1, 0.15) is 11.6 Å². The molecule has 0 bridgehead atoms. The largest absolute Gasteiger partial charge is 0.388 e. The van der Waals surface area contributed by atoms with Crippen molar-refractivity contribution in [2.24, 2.45) is 5.92 Å². The molecule has 0 spiro atoms. The molecule has 112 valence electrons. The lowest BCUT2D eigenvalue weighted by Gasteiger charge is -2.30. The summed E-state index contributed by atoms with van der Waals surface area (Å²) in [5.41, 5.74) is -0.960. The number of halogens is 2. The van der Waals surface area contributed by atoms with E-state index >= 15 is 0 Å². The van der Waals surface area contributed by atoms with Crippen LogP contribution >= 0.6 is 0 Å². The highest BCUT2D eigenvalue weighted by atomic mass is 19.1. The second-order valence-corrected chi connectivity index (χ2v) is 6.81. The van der Waals surface area contributed by atoms with Gasteiger partial charge in [-0.05, 0) is 52.7 Å². The number of aliphatic hydroxyl groups excluding tert-OH is 1. The zero-order chi connectivity index (χ0) is 15.3. The third-order valence-corrected chi connectivity index (χ3v) is 4.14. The molecule has 1 fully saturated rings. The first-order chi connectivity index (χ1) is 9.05. The van der Waals surface area contributed by atoms with Gasteiger partial charge in [-0.1, -0.05) is 6.07 Å². The van der Waals surface area contributed by atoms with Crippen LogP contribution in [0.1, 0.15) is 51.3 Å². The Labute approximate surface area is 118 Å². The highest BCUT2D eigenvalue weighted by Gasteiger charge is 2.50. The summed E-state index contributed by atoms with van der Waals surface area (Å²) in [6.45, 7) is 9.10. The van der Waals surface area contributed by atoms with Gasteiger partial charge in [0.25, 0.3) is 0 Å². The Bertz CT molecular complexity index is 523. The maximum absolute atomic E-state index is 14.2. The van der Waals surface area contributed by atoms with Crippen LogP contribution in [0.25, 0.3) is 0 Å². The topological polar surface area (TPSA) is 29.5 Å². The fourth-order valence-electron chi connectivity index (χ4n) is 3.25. The summed E-state index contributed by atoms with van der Waals surface area (Å²) in [5, 5.41) is 10.5. The summed E-state index contributed by atoms with van der Waals surface area (Å²) in [6, 6.07) is 2.58. The minimum atomic E-state index is -1.22. The lowest BCUT2D eigenvalue weighted by atomic mass is 9.80. The van der Waals surface area contributed by atoms with Gasteiger partial charge in [-0.2, -0.15) is 0 Å². The number of hydrogen-bond acceptors (Lipinski definition) is 2. The number of hydrogen-bond donors (Lipinski definition) is 1. The SMILES string of the molecule is Cc1ccc(F)c(C(O)C2CC(C)(C)OC2(C)C)c1F. The van der Waals surface area contributed by atoms with E-state index in [1.165, 1.54) is 12.1 Å². The molecular weight excluding hydrogens is 262 g/mol. The van der Waals surface area contributed by atoms with Crippen molar-refractivity contribution in [2.45, 2.75) is 58.3 Å². The molecule has 2 rings (SSSR count). The fraction of sp³-hybridized carbons (Fsp3) is 0.625. The number of aliphatic hydroxyl groups is 1. The van der Waals surface area contributed by atoms with Crippen LogP contribution in [0, 0.1) is 24.5 Å². The predicted octanol–water partition coefficient (Wildman–Crippen LogP) is 3.90. The lowest BCUT2D eigenvalue weighted by Crippen LogP contribution is -2.33. The molecule has 1 aliphatic heterocycles. The summed E-state index contributed by atoms with van der Waals surface area (Å²) in [5.74, 6) is -1.73. The normalized spacial score (nSPS) is 25.7. The van der Waals surface area contributed by atoms with Gasteiger partial charge in [0, 0.05) is 5.92 Å². The van der Waals surface area contributed by atoms with Crippen molar-refractivity contribution in [3.8, 4) is 0 Å². The molecule has 1 aromatic carbocycles. The number of rotatable bonds is 2. The van der Waals surface area contributed by atoms with Gasteiger partial charge >= 0.3 is 0 Å². The first-order valence-corrected chi connectivity index (χ1v) is 6.88. The summed E-state index contributed by atoms with van der Waals surface area (Å²) < 4.78 is 34.0. The number of ether oxygens (including phenoxy) is 1. The molecule has 0 aromatic heterocycles. The third-order valence-electron chi connectivity index (χ3n) is 4.14. The Morgan fingerprint density at radius 3 is 2.35 bits per heavy atom. The molecule has 2 atom stereocenters. The average Bonchev–Trinajstić information content (AvgIpc) is 2.52. The van der Waals surface area contributed by atoms with Gasteiger partial charge in [-0.15, -0.1) is 0 Å². The Balaban J connectivity index is 2.42. The molecule has 0 aliphatic carbocycles. The van der Waals surface area contributed by atoms with Gasteiger partial charge in [0.2, 0.25) is 0 Å². The maximum atomic E-state index is 14.2. The van der Waals surface area contributed by atoms with Crippen molar-refractivity contribution in [2.75, 3.05) is 0 Å². The predicted molar refractivity (Wildman–Crippen MR) is 73.4 cm³/mol. The van der Waals surface area contributed by atoms with Crippen LogP contribution in [0.15, 0.2) is 12.1 Å². The van der Waals surface area contributed by atoms with E-state index in [1.807, 2.05) is 27.7 Å². The highest BCUT2D eigenvalue weighted by Crippen LogP contribution is 2.48. The molecule has 0 radical (unpaired) electrons. The number of aryl methyl sites for hydroxylation is 1. The average molecular weight is 284 g/mol. The molecule has 2 nitrogen and oxygen atoms in total. The van der Waals surface area contributed by atoms with E-state index in [2.05, 4.69) is 0 Å². The highest BCUT2D eigenvalue weighted by molar-refractivity contribution is 5.29. The summed E-state index contributed by atoms with van der Waals surface area (Å²) >= 11 is 0. The lowest BCUT2D eigenvalue weighted by molar-refractivity contribution is -0.0885. The van der Waals surface area contributed by atoms with Gasteiger partial charge < -0.3 is 9.84 Å². The van der Waals surface area contributed by atoms with Gasteiger partial charge in [-0.25, -0.2) is 8.78 Å². The molecule has 20 heavy (non-hydrogen) atoms. The van der Waals surface area contributed by atoms with Crippen molar-refractivity contribution in [3.05, 3.63) is 34.9 Å². The van der Waals surface area contributed by atoms with E-state index in [-0.39, 0.29) is 11.5 Å². The molecule has 1 saturated heterocycles. The van der Waals surface area contributed by atoms with Crippen molar-refractivity contribution in [1.82, 2.24) is 0 Å². The maximum Gasteiger partial charge on any atom is 0.134 e. The van der Waals surface area contributed by atoms with E-state index in [0.717, 1.165) is 0 Å². The van der Waals surface area contributed by atoms with Crippen LogP contribution < -0.4 is 0 Å². The van der Waals surface area contributed by atoms with Crippen molar-refractivity contribution < 1.29 is 18.6 Å². The number of benzene rings is 1. The summed E-state index contributed by atoms with van der Waals surface area (Å²) in [4.78, 5) is 0. The molecule has 2 unspecified atom stereocenters. The van der Waals surface area contributed by atoms with Crippen LogP contribution in [-0.4, -0.2) is 16.3 Å². The Morgan fingerprint density at radius 2 is 1.85 bits per heavy atom. The van der Waals surface area contributed by atoms with Crippen molar-refractivity contribution in [1.29, 1.82) is 0 Å². The summed E-state index contributed by atoms with van der Waals surface area (Å²) in [6.07, 6.45) is -0.666. The minimum Gasteiger partial charge on any atom is -0.388 e. The summed E-state index contributed by atoms with van der Waals surface area (Å²) in [7, 11) is 0. The van der Waals surface area contributed by atoms with Crippen LogP contribution in [0.3, 0.4) is 0 Å². The van der Waals surface area contributed by atoms with Gasteiger partial charge in [0.15, 0.2) is 0 Å². The third kappa shape index (κ3) is 2.59. The van der Waals surface area contributed by atoms with Crippen molar-refractivity contribution in [3.63, 3.8) is 0 Å². The van der Waals surface area contributed by atoms with Crippen LogP contribution in [0.5, 0.6) is 0 Å². The molecule has 1 N–H and O–H groups in total. The van der Waals surface area contributed by atoms with E-state index in [0.29, 0.717) is 12.0 Å². The van der Waals surface area contributed by atoms with Crippen LogP contribution in [-0.2, 0) is 4.74 Å². The quantitative estimate of drug-likeness (QED) is 0.892. The smallest absolute Gasteiger partial charge is 0.134 e. The second-order valence-electron chi connectivity index (χ2n) is 6.81. The van der Waals surface area contributed by atoms with E-state index in [1.54, 1.807) is 6.92 Å². The van der Waals surface area contributed by atoms with E-state index in [9.17, 15) is 13.9 Å². The Kier molecular flexibility index (Phi) is 3.68. The monoisotopic (exact) mass is 284 g/mol. The second kappa shape index (κ2) is 4.78. The van der Waals surface area contributed by atoms with E-state index < -0.39 is 28.9 Å². The standard InChI is InChI=1S/C16H22F2O2/c1-9-6-7-11(17)12(13(9)18)14(19)10-8-15(2,3)20-16(10,4)5/h6-7,10,14,19H,8H2,1-5H3. The van der Waals surface area contributed by atoms with Crippen LogP contribution in [0.4, 0.5) is 8.78 Å². The van der Waals surface area contributed by atoms with Crippen molar-refractivity contribution >= 4 is 0 Å². The minimum absolute atomic E-state index is 0.246. The Hall–Kier alpha value is -1.00. The molecule has 4 heteroatoms.